The number of nitrogens with zero attached hydrogens (tertiary/aromatic N) is 5. The summed E-state index contributed by atoms with van der Waals surface area (Å²) in [5, 5.41) is 13.6. The van der Waals surface area contributed by atoms with Crippen LogP contribution in [0.2, 0.25) is 0 Å². The quantitative estimate of drug-likeness (QED) is 0.689. The van der Waals surface area contributed by atoms with Crippen molar-refractivity contribution in [2.24, 2.45) is 0 Å². The molecule has 3 heterocycles. The van der Waals surface area contributed by atoms with Crippen molar-refractivity contribution < 1.29 is 4.74 Å². The molecule has 0 radical (unpaired) electrons. The Morgan fingerprint density at radius 3 is 2.69 bits per heavy atom. The van der Waals surface area contributed by atoms with Crippen LogP contribution in [0.25, 0.3) is 10.9 Å². The highest BCUT2D eigenvalue weighted by Gasteiger charge is 2.35. The topological polar surface area (TPSA) is 88.9 Å². The molecule has 3 aromatic rings. The first-order chi connectivity index (χ1) is 13.9. The highest BCUT2D eigenvalue weighted by atomic mass is 16.5. The Hall–Kier alpha value is -2.74. The summed E-state index contributed by atoms with van der Waals surface area (Å²) in [6, 6.07) is 7.39. The third-order valence-electron chi connectivity index (χ3n) is 6.06. The van der Waals surface area contributed by atoms with Crippen LogP contribution in [-0.4, -0.2) is 50.3 Å². The number of aromatic amines is 1. The largest absolute Gasteiger partial charge is 0.497 e. The monoisotopic (exact) mass is 396 g/mol. The number of tetrazole rings is 1. The van der Waals surface area contributed by atoms with Gasteiger partial charge < -0.3 is 9.72 Å². The Balaban J connectivity index is 1.89. The fraction of sp³-hybridized carbons (Fsp3) is 0.524. The summed E-state index contributed by atoms with van der Waals surface area (Å²) in [5.41, 5.74) is 1.07. The first-order valence-electron chi connectivity index (χ1n) is 10.2. The molecule has 1 fully saturated rings. The molecule has 1 aromatic carbocycles. The minimum Gasteiger partial charge on any atom is -0.497 e. The molecule has 8 heteroatoms. The number of nitrogens with one attached hydrogen (secondary N) is 1. The van der Waals surface area contributed by atoms with Crippen molar-refractivity contribution in [1.82, 2.24) is 30.1 Å². The van der Waals surface area contributed by atoms with Crippen molar-refractivity contribution in [2.45, 2.75) is 51.6 Å². The van der Waals surface area contributed by atoms with E-state index in [1.54, 1.807) is 7.11 Å². The predicted octanol–water partition coefficient (Wildman–Crippen LogP) is 2.85. The molecule has 1 N–H and O–H groups in total. The second-order valence-corrected chi connectivity index (χ2v) is 8.27. The third kappa shape index (κ3) is 3.53. The number of likely N-dealkylation sites (tertiary alicyclic amines) is 1. The highest BCUT2D eigenvalue weighted by molar-refractivity contribution is 5.80. The van der Waals surface area contributed by atoms with Gasteiger partial charge in [-0.2, -0.15) is 0 Å². The van der Waals surface area contributed by atoms with Gasteiger partial charge in [-0.1, -0.05) is 6.92 Å². The van der Waals surface area contributed by atoms with Crippen LogP contribution in [0.15, 0.2) is 29.1 Å². The number of methoxy groups -OCH3 is 1. The Bertz CT molecular complexity index is 1060. The first-order valence-corrected chi connectivity index (χ1v) is 10.2. The molecule has 1 aliphatic rings. The van der Waals surface area contributed by atoms with Crippen molar-refractivity contribution in [3.8, 4) is 5.75 Å². The predicted molar refractivity (Wildman–Crippen MR) is 111 cm³/mol. The molecule has 0 unspecified atom stereocenters. The second-order valence-electron chi connectivity index (χ2n) is 8.27. The molecule has 154 valence electrons. The molecule has 29 heavy (non-hydrogen) atoms. The minimum atomic E-state index is -0.284. The summed E-state index contributed by atoms with van der Waals surface area (Å²) in [6.07, 6.45) is 3.10. The number of H-pyrrole nitrogens is 1. The summed E-state index contributed by atoms with van der Waals surface area (Å²) >= 11 is 0. The maximum Gasteiger partial charge on any atom is 0.253 e. The van der Waals surface area contributed by atoms with E-state index in [2.05, 4.69) is 46.2 Å². The summed E-state index contributed by atoms with van der Waals surface area (Å²) in [5.74, 6) is 1.43. The zero-order valence-corrected chi connectivity index (χ0v) is 17.5. The van der Waals surface area contributed by atoms with E-state index in [1.165, 1.54) is 0 Å². The van der Waals surface area contributed by atoms with Crippen LogP contribution in [0.5, 0.6) is 5.75 Å². The Kier molecular flexibility index (Phi) is 5.12. The minimum absolute atomic E-state index is 0.119. The van der Waals surface area contributed by atoms with Gasteiger partial charge in [0.25, 0.3) is 5.56 Å². The van der Waals surface area contributed by atoms with E-state index in [0.717, 1.165) is 49.1 Å². The first kappa shape index (κ1) is 19.6. The molecule has 0 amide bonds. The van der Waals surface area contributed by atoms with Crippen LogP contribution >= 0.6 is 0 Å². The number of hydrogen-bond acceptors (Lipinski definition) is 6. The molecule has 0 bridgehead atoms. The molecule has 0 aliphatic carbocycles. The maximum absolute atomic E-state index is 13.2. The number of ether oxygens (including phenoxy) is 1. The Morgan fingerprint density at radius 1 is 1.24 bits per heavy atom. The Morgan fingerprint density at radius 2 is 2.00 bits per heavy atom. The van der Waals surface area contributed by atoms with Gasteiger partial charge in [-0.15, -0.1) is 5.10 Å². The van der Waals surface area contributed by atoms with Crippen molar-refractivity contribution in [3.05, 3.63) is 46.0 Å². The molecular formula is C21H28N6O2. The average molecular weight is 396 g/mol. The number of pyridine rings is 1. The highest BCUT2D eigenvalue weighted by Crippen LogP contribution is 2.32. The van der Waals surface area contributed by atoms with Crippen molar-refractivity contribution in [1.29, 1.82) is 0 Å². The lowest BCUT2D eigenvalue weighted by Crippen LogP contribution is -2.37. The van der Waals surface area contributed by atoms with E-state index in [4.69, 9.17) is 4.74 Å². The van der Waals surface area contributed by atoms with Crippen molar-refractivity contribution >= 4 is 10.9 Å². The normalized spacial score (nSPS) is 16.4. The van der Waals surface area contributed by atoms with E-state index in [9.17, 15) is 4.79 Å². The van der Waals surface area contributed by atoms with Gasteiger partial charge in [0.15, 0.2) is 5.82 Å². The van der Waals surface area contributed by atoms with Gasteiger partial charge >= 0.3 is 0 Å². The zero-order chi connectivity index (χ0) is 20.6. The summed E-state index contributed by atoms with van der Waals surface area (Å²) in [7, 11) is 1.62. The van der Waals surface area contributed by atoms with Gasteiger partial charge in [0.2, 0.25) is 0 Å². The lowest BCUT2D eigenvalue weighted by molar-refractivity contribution is 0.230. The van der Waals surface area contributed by atoms with E-state index in [1.807, 2.05) is 28.9 Å². The molecule has 1 aliphatic heterocycles. The molecule has 0 spiro atoms. The SMILES string of the molecule is CCC(C)(C)n1nnnc1[C@@H](c1cc2ccc(OC)cc2[nH]c1=O)N1CCCC1. The van der Waals surface area contributed by atoms with Crippen LogP contribution < -0.4 is 10.3 Å². The van der Waals surface area contributed by atoms with Crippen LogP contribution in [-0.2, 0) is 5.54 Å². The van der Waals surface area contributed by atoms with Crippen LogP contribution in [0.3, 0.4) is 0 Å². The molecule has 0 saturated carbocycles. The second kappa shape index (κ2) is 7.59. The van der Waals surface area contributed by atoms with Crippen LogP contribution in [0, 0.1) is 0 Å². The number of fused-ring (bicyclic) bond motifs is 1. The van der Waals surface area contributed by atoms with Gasteiger partial charge in [-0.05, 0) is 80.2 Å². The fourth-order valence-corrected chi connectivity index (χ4v) is 3.97. The average Bonchev–Trinajstić information content (AvgIpc) is 3.41. The van der Waals surface area contributed by atoms with Crippen molar-refractivity contribution in [2.75, 3.05) is 20.2 Å². The fourth-order valence-electron chi connectivity index (χ4n) is 3.97. The molecule has 4 rings (SSSR count). The van der Waals surface area contributed by atoms with E-state index >= 15 is 0 Å². The molecule has 8 nitrogen and oxygen atoms in total. The van der Waals surface area contributed by atoms with Crippen LogP contribution in [0.1, 0.15) is 57.5 Å². The summed E-state index contributed by atoms with van der Waals surface area (Å²) in [4.78, 5) is 18.5. The number of benzene rings is 1. The molecule has 2 aromatic heterocycles. The number of aromatic nitrogens is 5. The third-order valence-corrected chi connectivity index (χ3v) is 6.06. The molecule has 1 atom stereocenters. The lowest BCUT2D eigenvalue weighted by Gasteiger charge is -2.30. The van der Waals surface area contributed by atoms with E-state index in [-0.39, 0.29) is 17.1 Å². The zero-order valence-electron chi connectivity index (χ0n) is 17.5. The number of hydrogen-bond donors (Lipinski definition) is 1. The maximum atomic E-state index is 13.2. The summed E-state index contributed by atoms with van der Waals surface area (Å²) < 4.78 is 7.17. The van der Waals surface area contributed by atoms with Crippen molar-refractivity contribution in [3.63, 3.8) is 0 Å². The molecule has 1 saturated heterocycles. The smallest absolute Gasteiger partial charge is 0.253 e. The standard InChI is InChI=1S/C21H28N6O2/c1-5-21(2,3)27-19(23-24-25-27)18(26-10-6-7-11-26)16-12-14-8-9-15(29-4)13-17(14)22-20(16)28/h8-9,12-13,18H,5-7,10-11H2,1-4H3,(H,22,28)/t18-/m1/s1. The van der Waals surface area contributed by atoms with Gasteiger partial charge in [-0.25, -0.2) is 4.68 Å². The van der Waals surface area contributed by atoms with E-state index in [0.29, 0.717) is 11.3 Å². The van der Waals surface area contributed by atoms with Gasteiger partial charge in [0, 0.05) is 11.6 Å². The summed E-state index contributed by atoms with van der Waals surface area (Å²) in [6.45, 7) is 8.19. The van der Waals surface area contributed by atoms with Crippen LogP contribution in [0.4, 0.5) is 0 Å². The van der Waals surface area contributed by atoms with Gasteiger partial charge in [0.1, 0.15) is 11.8 Å². The number of rotatable bonds is 6. The van der Waals surface area contributed by atoms with Gasteiger partial charge in [-0.3, -0.25) is 9.69 Å². The lowest BCUT2D eigenvalue weighted by atomic mass is 9.99. The Labute approximate surface area is 169 Å². The molecular weight excluding hydrogens is 368 g/mol. The van der Waals surface area contributed by atoms with Gasteiger partial charge in [0.05, 0.1) is 18.2 Å². The van der Waals surface area contributed by atoms with E-state index < -0.39 is 0 Å².